The smallest absolute Gasteiger partial charge is 0.271 e. The average Bonchev–Trinajstić information content (AvgIpc) is 2.64. The Morgan fingerprint density at radius 3 is 2.77 bits per heavy atom. The number of carbonyl (C=O) groups excluding carboxylic acids is 1. The summed E-state index contributed by atoms with van der Waals surface area (Å²) in [4.78, 5) is 22.4. The van der Waals surface area contributed by atoms with Gasteiger partial charge >= 0.3 is 0 Å². The number of rotatable bonds is 6. The predicted octanol–water partition coefficient (Wildman–Crippen LogP) is 3.71. The second-order valence-corrected chi connectivity index (χ2v) is 5.33. The molecule has 0 heterocycles. The lowest BCUT2D eigenvalue weighted by atomic mass is 10.2. The number of anilines is 2. The maximum absolute atomic E-state index is 12.2. The first-order valence-electron chi connectivity index (χ1n) is 7.20. The Hall–Kier alpha value is -3.57. The number of nitro benzene ring substituents is 1. The van der Waals surface area contributed by atoms with Gasteiger partial charge in [-0.05, 0) is 18.2 Å². The molecule has 0 bridgehead atoms. The molecule has 0 saturated carbocycles. The van der Waals surface area contributed by atoms with Gasteiger partial charge in [0.05, 0.1) is 22.7 Å². The minimum atomic E-state index is -0.759. The quantitative estimate of drug-likeness (QED) is 0.345. The highest BCUT2D eigenvalue weighted by Crippen LogP contribution is 2.27. The van der Waals surface area contributed by atoms with Crippen LogP contribution < -0.4 is 15.4 Å². The number of amides is 1. The highest BCUT2D eigenvalue weighted by Gasteiger charge is 2.15. The molecule has 0 spiro atoms. The number of methoxy groups -OCH3 is 1. The minimum Gasteiger partial charge on any atom is -0.497 e. The Bertz CT molecular complexity index is 921. The van der Waals surface area contributed by atoms with Gasteiger partial charge in [0.1, 0.15) is 17.4 Å². The number of hydrogen-bond acceptors (Lipinski definition) is 6. The number of hydrogen-bond donors (Lipinski definition) is 2. The van der Waals surface area contributed by atoms with Crippen LogP contribution in [0, 0.1) is 21.4 Å². The first-order chi connectivity index (χ1) is 12.4. The summed E-state index contributed by atoms with van der Waals surface area (Å²) in [6, 6.07) is 12.3. The van der Waals surface area contributed by atoms with Gasteiger partial charge in [-0.2, -0.15) is 5.26 Å². The van der Waals surface area contributed by atoms with Gasteiger partial charge in [-0.3, -0.25) is 14.9 Å². The van der Waals surface area contributed by atoms with E-state index in [1.807, 2.05) is 0 Å². The summed E-state index contributed by atoms with van der Waals surface area (Å²) in [7, 11) is 1.52. The molecule has 26 heavy (non-hydrogen) atoms. The molecule has 1 amide bonds. The van der Waals surface area contributed by atoms with Crippen molar-refractivity contribution in [2.45, 2.75) is 0 Å². The van der Waals surface area contributed by atoms with Crippen LogP contribution >= 0.6 is 11.6 Å². The number of ether oxygens (including phenoxy) is 1. The van der Waals surface area contributed by atoms with Gasteiger partial charge in [-0.1, -0.05) is 17.7 Å². The van der Waals surface area contributed by atoms with E-state index in [9.17, 15) is 20.2 Å². The molecule has 0 unspecified atom stereocenters. The third-order valence-corrected chi connectivity index (χ3v) is 3.56. The van der Waals surface area contributed by atoms with Crippen molar-refractivity contribution in [2.75, 3.05) is 17.7 Å². The van der Waals surface area contributed by atoms with Crippen molar-refractivity contribution in [1.82, 2.24) is 0 Å². The van der Waals surface area contributed by atoms with E-state index < -0.39 is 10.8 Å². The van der Waals surface area contributed by atoms with Gasteiger partial charge in [0.25, 0.3) is 11.6 Å². The topological polar surface area (TPSA) is 117 Å². The van der Waals surface area contributed by atoms with Crippen LogP contribution in [-0.2, 0) is 4.79 Å². The van der Waals surface area contributed by atoms with Crippen LogP contribution in [0.25, 0.3) is 0 Å². The van der Waals surface area contributed by atoms with Crippen molar-refractivity contribution in [3.8, 4) is 11.8 Å². The van der Waals surface area contributed by atoms with Crippen molar-refractivity contribution >= 4 is 34.6 Å². The van der Waals surface area contributed by atoms with Gasteiger partial charge in [-0.25, -0.2) is 0 Å². The molecule has 0 aliphatic heterocycles. The van der Waals surface area contributed by atoms with Crippen molar-refractivity contribution in [1.29, 1.82) is 5.26 Å². The van der Waals surface area contributed by atoms with Gasteiger partial charge in [0.15, 0.2) is 0 Å². The van der Waals surface area contributed by atoms with Gasteiger partial charge in [0.2, 0.25) is 0 Å². The number of nitrogens with one attached hydrogen (secondary N) is 2. The van der Waals surface area contributed by atoms with Crippen LogP contribution in [0.3, 0.4) is 0 Å². The third kappa shape index (κ3) is 4.72. The number of nitriles is 1. The van der Waals surface area contributed by atoms with Crippen LogP contribution in [-0.4, -0.2) is 17.9 Å². The monoisotopic (exact) mass is 372 g/mol. The van der Waals surface area contributed by atoms with Gasteiger partial charge in [0, 0.05) is 30.1 Å². The molecule has 2 aromatic rings. The van der Waals surface area contributed by atoms with E-state index in [1.54, 1.807) is 30.3 Å². The Balaban J connectivity index is 2.17. The number of nitrogens with zero attached hydrogens (tertiary/aromatic N) is 2. The van der Waals surface area contributed by atoms with Gasteiger partial charge in [-0.15, -0.1) is 0 Å². The molecule has 0 aliphatic rings. The van der Waals surface area contributed by atoms with Crippen molar-refractivity contribution < 1.29 is 14.5 Å². The number of nitro groups is 1. The highest BCUT2D eigenvalue weighted by atomic mass is 35.5. The van der Waals surface area contributed by atoms with Crippen molar-refractivity contribution in [3.05, 3.63) is 69.4 Å². The summed E-state index contributed by atoms with van der Waals surface area (Å²) < 4.78 is 5.08. The normalized spacial score (nSPS) is 10.6. The Morgan fingerprint density at radius 2 is 2.12 bits per heavy atom. The number of non-ortho nitro benzene ring substituents is 1. The zero-order valence-electron chi connectivity index (χ0n) is 13.5. The van der Waals surface area contributed by atoms with Crippen LogP contribution in [0.5, 0.6) is 5.75 Å². The fraction of sp³-hybridized carbons (Fsp3) is 0.0588. The molecule has 0 aliphatic carbocycles. The third-order valence-electron chi connectivity index (χ3n) is 3.23. The molecule has 0 saturated heterocycles. The van der Waals surface area contributed by atoms with Gasteiger partial charge < -0.3 is 15.4 Å². The highest BCUT2D eigenvalue weighted by molar-refractivity contribution is 6.34. The molecule has 0 fully saturated rings. The summed E-state index contributed by atoms with van der Waals surface area (Å²) in [5.74, 6) is -0.153. The summed E-state index contributed by atoms with van der Waals surface area (Å²) >= 11 is 5.93. The van der Waals surface area contributed by atoms with Crippen LogP contribution in [0.4, 0.5) is 17.1 Å². The zero-order chi connectivity index (χ0) is 19.1. The summed E-state index contributed by atoms with van der Waals surface area (Å²) in [5.41, 5.74) is 0.170. The first kappa shape index (κ1) is 18.8. The largest absolute Gasteiger partial charge is 0.497 e. The molecule has 0 aromatic heterocycles. The van der Waals surface area contributed by atoms with E-state index in [2.05, 4.69) is 10.6 Å². The lowest BCUT2D eigenvalue weighted by molar-refractivity contribution is -0.384. The molecule has 2 rings (SSSR count). The van der Waals surface area contributed by atoms with E-state index >= 15 is 0 Å². The molecule has 0 radical (unpaired) electrons. The maximum atomic E-state index is 12.2. The first-order valence-corrected chi connectivity index (χ1v) is 7.58. The summed E-state index contributed by atoms with van der Waals surface area (Å²) in [6.45, 7) is 0. The second kappa shape index (κ2) is 8.50. The van der Waals surface area contributed by atoms with E-state index in [-0.39, 0.29) is 22.0 Å². The van der Waals surface area contributed by atoms with E-state index in [4.69, 9.17) is 16.3 Å². The van der Waals surface area contributed by atoms with E-state index in [0.29, 0.717) is 11.4 Å². The lowest BCUT2D eigenvalue weighted by Crippen LogP contribution is -2.15. The summed E-state index contributed by atoms with van der Waals surface area (Å²) in [6.07, 6.45) is 1.22. The fourth-order valence-corrected chi connectivity index (χ4v) is 2.09. The molecule has 2 aromatic carbocycles. The molecule has 0 atom stereocenters. The zero-order valence-corrected chi connectivity index (χ0v) is 14.3. The van der Waals surface area contributed by atoms with E-state index in [0.717, 1.165) is 6.07 Å². The second-order valence-electron chi connectivity index (χ2n) is 4.92. The van der Waals surface area contributed by atoms with E-state index in [1.165, 1.54) is 25.4 Å². The Morgan fingerprint density at radius 1 is 1.35 bits per heavy atom. The molecule has 2 N–H and O–H groups in total. The maximum Gasteiger partial charge on any atom is 0.271 e. The minimum absolute atomic E-state index is 0.0356. The van der Waals surface area contributed by atoms with Crippen LogP contribution in [0.1, 0.15) is 0 Å². The molecule has 8 nitrogen and oxygen atoms in total. The fourth-order valence-electron chi connectivity index (χ4n) is 1.93. The van der Waals surface area contributed by atoms with Crippen molar-refractivity contribution in [2.24, 2.45) is 0 Å². The molecule has 132 valence electrons. The average molecular weight is 373 g/mol. The number of benzene rings is 2. The predicted molar refractivity (Wildman–Crippen MR) is 97.0 cm³/mol. The summed E-state index contributed by atoms with van der Waals surface area (Å²) in [5, 5.41) is 25.3. The van der Waals surface area contributed by atoms with Crippen LogP contribution in [0.2, 0.25) is 5.02 Å². The number of carbonyl (C=O) groups is 1. The van der Waals surface area contributed by atoms with Crippen LogP contribution in [0.15, 0.2) is 54.2 Å². The Labute approximate surface area is 153 Å². The standard InChI is InChI=1S/C17H13ClN4O4/c1-26-14-4-2-3-12(7-14)20-10-11(9-19)17(23)21-16-8-13(22(24)25)5-6-15(16)18/h2-8,10,20H,1H3,(H,21,23)/b11-10-. The lowest BCUT2D eigenvalue weighted by Gasteiger charge is -2.07. The molecular formula is C17H13ClN4O4. The molecule has 9 heteroatoms. The number of halogens is 1. The Kier molecular flexibility index (Phi) is 6.14. The van der Waals surface area contributed by atoms with Crippen molar-refractivity contribution in [3.63, 3.8) is 0 Å². The SMILES string of the molecule is COc1cccc(N/C=C(/C#N)C(=O)Nc2cc([N+](=O)[O-])ccc2Cl)c1. The molecular weight excluding hydrogens is 360 g/mol.